The first-order chi connectivity index (χ1) is 11.3. The van der Waals surface area contributed by atoms with E-state index in [-0.39, 0.29) is 0 Å². The molecule has 3 aromatic rings. The Morgan fingerprint density at radius 3 is 1.70 bits per heavy atom. The second-order valence-corrected chi connectivity index (χ2v) is 9.12. The Hall–Kier alpha value is -2.32. The van der Waals surface area contributed by atoms with Crippen molar-refractivity contribution < 1.29 is 4.74 Å². The zero-order valence-electron chi connectivity index (χ0n) is 13.6. The summed E-state index contributed by atoms with van der Waals surface area (Å²) < 4.78 is 5.61. The lowest BCUT2D eigenvalue weighted by Crippen LogP contribution is -2.46. The SMILES string of the molecule is COc1ccccc1[C@H](C)[SiH](c1ccccc1)c1ccccc1. The van der Waals surface area contributed by atoms with E-state index in [1.54, 1.807) is 7.11 Å². The van der Waals surface area contributed by atoms with E-state index in [4.69, 9.17) is 4.74 Å². The summed E-state index contributed by atoms with van der Waals surface area (Å²) >= 11 is 0. The van der Waals surface area contributed by atoms with E-state index in [0.29, 0.717) is 5.54 Å². The molecule has 0 spiro atoms. The first-order valence-corrected chi connectivity index (χ1v) is 9.86. The summed E-state index contributed by atoms with van der Waals surface area (Å²) in [7, 11) is 0.364. The Morgan fingerprint density at radius 1 is 0.696 bits per heavy atom. The van der Waals surface area contributed by atoms with E-state index in [2.05, 4.69) is 85.8 Å². The standard InChI is InChI=1S/C21H22OSi/c1-17(20-15-9-10-16-21(20)22-2)23(18-11-5-3-6-12-18)19-13-7-4-8-14-19/h3-17,23H,1-2H3/t17-/m0/s1. The Kier molecular flexibility index (Phi) is 4.94. The maximum atomic E-state index is 5.61. The minimum absolute atomic E-state index is 0.455. The molecule has 116 valence electrons. The number of hydrogen-bond donors (Lipinski definition) is 0. The molecule has 0 saturated carbocycles. The molecule has 0 N–H and O–H groups in total. The molecule has 2 heteroatoms. The van der Waals surface area contributed by atoms with Gasteiger partial charge in [0.25, 0.3) is 0 Å². The van der Waals surface area contributed by atoms with E-state index in [9.17, 15) is 0 Å². The summed E-state index contributed by atoms with van der Waals surface area (Å²) in [6, 6.07) is 30.3. The van der Waals surface area contributed by atoms with E-state index in [1.807, 2.05) is 6.07 Å². The lowest BCUT2D eigenvalue weighted by Gasteiger charge is -2.25. The van der Waals surface area contributed by atoms with Crippen molar-refractivity contribution in [1.29, 1.82) is 0 Å². The maximum Gasteiger partial charge on any atom is 0.122 e. The van der Waals surface area contributed by atoms with Gasteiger partial charge in [0.1, 0.15) is 14.5 Å². The predicted octanol–water partition coefficient (Wildman–Crippen LogP) is 3.38. The van der Waals surface area contributed by atoms with Gasteiger partial charge in [-0.1, -0.05) is 96.2 Å². The summed E-state index contributed by atoms with van der Waals surface area (Å²) in [5.74, 6) is 0.990. The minimum atomic E-state index is -1.39. The summed E-state index contributed by atoms with van der Waals surface area (Å²) in [5, 5.41) is 2.94. The fraction of sp³-hybridized carbons (Fsp3) is 0.143. The van der Waals surface area contributed by atoms with Crippen molar-refractivity contribution in [3.63, 3.8) is 0 Å². The normalized spacial score (nSPS) is 12.1. The van der Waals surface area contributed by atoms with Crippen LogP contribution in [0.2, 0.25) is 0 Å². The van der Waals surface area contributed by atoms with Crippen molar-refractivity contribution in [2.45, 2.75) is 12.5 Å². The zero-order valence-corrected chi connectivity index (χ0v) is 14.8. The van der Waals surface area contributed by atoms with Gasteiger partial charge in [-0.3, -0.25) is 0 Å². The van der Waals surface area contributed by atoms with Gasteiger partial charge >= 0.3 is 0 Å². The molecule has 0 bridgehead atoms. The highest BCUT2D eigenvalue weighted by Gasteiger charge is 2.26. The summed E-state index contributed by atoms with van der Waals surface area (Å²) in [6.07, 6.45) is 0. The van der Waals surface area contributed by atoms with Crippen LogP contribution in [0.15, 0.2) is 84.9 Å². The average Bonchev–Trinajstić information content (AvgIpc) is 2.63. The second-order valence-electron chi connectivity index (χ2n) is 5.83. The van der Waals surface area contributed by atoms with E-state index in [0.717, 1.165) is 5.75 Å². The molecule has 0 aromatic heterocycles. The topological polar surface area (TPSA) is 9.23 Å². The molecule has 1 nitrogen and oxygen atoms in total. The first kappa shape index (κ1) is 15.6. The van der Waals surface area contributed by atoms with Crippen LogP contribution in [-0.2, 0) is 0 Å². The Morgan fingerprint density at radius 2 is 1.17 bits per heavy atom. The number of hydrogen-bond acceptors (Lipinski definition) is 1. The van der Waals surface area contributed by atoms with Crippen molar-refractivity contribution in [2.75, 3.05) is 7.11 Å². The van der Waals surface area contributed by atoms with Gasteiger partial charge in [0, 0.05) is 0 Å². The molecule has 23 heavy (non-hydrogen) atoms. The maximum absolute atomic E-state index is 5.61. The van der Waals surface area contributed by atoms with E-state index >= 15 is 0 Å². The minimum Gasteiger partial charge on any atom is -0.496 e. The lowest BCUT2D eigenvalue weighted by atomic mass is 10.1. The number of rotatable bonds is 5. The van der Waals surface area contributed by atoms with E-state index in [1.165, 1.54) is 15.9 Å². The third kappa shape index (κ3) is 3.38. The first-order valence-electron chi connectivity index (χ1n) is 8.04. The molecule has 0 saturated heterocycles. The van der Waals surface area contributed by atoms with Crippen molar-refractivity contribution in [2.24, 2.45) is 0 Å². The molecule has 0 aliphatic rings. The van der Waals surface area contributed by atoms with Crippen LogP contribution in [0, 0.1) is 0 Å². The van der Waals surface area contributed by atoms with Crippen LogP contribution in [0.1, 0.15) is 18.0 Å². The van der Waals surface area contributed by atoms with Gasteiger partial charge in [0.05, 0.1) is 7.11 Å². The smallest absolute Gasteiger partial charge is 0.122 e. The lowest BCUT2D eigenvalue weighted by molar-refractivity contribution is 0.409. The Labute approximate surface area is 140 Å². The van der Waals surface area contributed by atoms with Crippen molar-refractivity contribution in [3.8, 4) is 5.75 Å². The Balaban J connectivity index is 2.08. The Bertz CT molecular complexity index is 701. The summed E-state index contributed by atoms with van der Waals surface area (Å²) in [5.41, 5.74) is 1.76. The molecule has 1 atom stereocenters. The molecular weight excluding hydrogens is 296 g/mol. The molecule has 0 aliphatic heterocycles. The van der Waals surface area contributed by atoms with Crippen molar-refractivity contribution >= 4 is 19.2 Å². The summed E-state index contributed by atoms with van der Waals surface area (Å²) in [4.78, 5) is 0. The monoisotopic (exact) mass is 318 g/mol. The van der Waals surface area contributed by atoms with Gasteiger partial charge in [-0.25, -0.2) is 0 Å². The zero-order chi connectivity index (χ0) is 16.1. The second kappa shape index (κ2) is 7.29. The number of ether oxygens (including phenoxy) is 1. The number of benzene rings is 3. The molecule has 0 heterocycles. The fourth-order valence-electron chi connectivity index (χ4n) is 3.31. The quantitative estimate of drug-likeness (QED) is 0.655. The van der Waals surface area contributed by atoms with Crippen LogP contribution in [0.3, 0.4) is 0 Å². The van der Waals surface area contributed by atoms with Gasteiger partial charge in [-0.15, -0.1) is 0 Å². The van der Waals surface area contributed by atoms with Crippen LogP contribution >= 0.6 is 0 Å². The van der Waals surface area contributed by atoms with E-state index < -0.39 is 8.80 Å². The molecule has 0 amide bonds. The van der Waals surface area contributed by atoms with Crippen LogP contribution in [-0.4, -0.2) is 15.9 Å². The van der Waals surface area contributed by atoms with Gasteiger partial charge in [0.15, 0.2) is 0 Å². The molecule has 3 aromatic carbocycles. The third-order valence-corrected chi connectivity index (χ3v) is 8.01. The number of para-hydroxylation sites is 1. The van der Waals surface area contributed by atoms with Crippen LogP contribution < -0.4 is 15.1 Å². The van der Waals surface area contributed by atoms with Crippen LogP contribution in [0.5, 0.6) is 5.75 Å². The highest BCUT2D eigenvalue weighted by atomic mass is 28.3. The van der Waals surface area contributed by atoms with Gasteiger partial charge in [0.2, 0.25) is 0 Å². The van der Waals surface area contributed by atoms with Crippen molar-refractivity contribution in [3.05, 3.63) is 90.5 Å². The highest BCUT2D eigenvalue weighted by Crippen LogP contribution is 2.27. The molecule has 0 unspecified atom stereocenters. The van der Waals surface area contributed by atoms with Gasteiger partial charge in [-0.2, -0.15) is 0 Å². The van der Waals surface area contributed by atoms with Gasteiger partial charge in [-0.05, 0) is 17.2 Å². The molecule has 0 aliphatic carbocycles. The van der Waals surface area contributed by atoms with Crippen LogP contribution in [0.4, 0.5) is 0 Å². The average molecular weight is 318 g/mol. The molecule has 0 radical (unpaired) electrons. The molecule has 3 rings (SSSR count). The van der Waals surface area contributed by atoms with Crippen LogP contribution in [0.25, 0.3) is 0 Å². The molecular formula is C21H22OSi. The van der Waals surface area contributed by atoms with Gasteiger partial charge < -0.3 is 4.74 Å². The number of methoxy groups -OCH3 is 1. The predicted molar refractivity (Wildman–Crippen MR) is 101 cm³/mol. The fourth-order valence-corrected chi connectivity index (χ4v) is 6.76. The summed E-state index contributed by atoms with van der Waals surface area (Å²) in [6.45, 7) is 2.34. The highest BCUT2D eigenvalue weighted by molar-refractivity contribution is 6.86. The molecule has 0 fully saturated rings. The largest absolute Gasteiger partial charge is 0.496 e. The third-order valence-electron chi connectivity index (χ3n) is 4.45. The van der Waals surface area contributed by atoms with Crippen molar-refractivity contribution in [1.82, 2.24) is 0 Å².